The van der Waals surface area contributed by atoms with E-state index >= 15 is 0 Å². The number of aromatic nitrogens is 1. The Hall–Kier alpha value is -2.63. The first kappa shape index (κ1) is 27.0. The maximum Gasteiger partial charge on any atom is 0.304 e. The predicted molar refractivity (Wildman–Crippen MR) is 147 cm³/mol. The first-order valence-electron chi connectivity index (χ1n) is 12.5. The molecule has 5 rings (SSSR count). The highest BCUT2D eigenvalue weighted by atomic mass is 35.5. The molecule has 3 aromatic rings. The second kappa shape index (κ2) is 11.2. The number of likely N-dealkylation sites (tertiary alicyclic amines) is 1. The highest BCUT2D eigenvalue weighted by molar-refractivity contribution is 7.87. The minimum Gasteiger partial charge on any atom is -0.490 e. The van der Waals surface area contributed by atoms with E-state index in [1.54, 1.807) is 36.4 Å². The zero-order chi connectivity index (χ0) is 26.9. The largest absolute Gasteiger partial charge is 0.490 e. The molecule has 1 amide bonds. The van der Waals surface area contributed by atoms with Gasteiger partial charge in [-0.1, -0.05) is 41.4 Å². The van der Waals surface area contributed by atoms with Gasteiger partial charge in [-0.2, -0.15) is 12.7 Å². The lowest BCUT2D eigenvalue weighted by atomic mass is 10.00. The molecular formula is C26H28Cl2N4O5S. The molecule has 2 aromatic carbocycles. The lowest BCUT2D eigenvalue weighted by molar-refractivity contribution is 0.0584. The minimum absolute atomic E-state index is 0.0863. The first-order chi connectivity index (χ1) is 18.2. The third kappa shape index (κ3) is 5.84. The number of aromatic amines is 1. The zero-order valence-electron chi connectivity index (χ0n) is 20.5. The average molecular weight is 580 g/mol. The Morgan fingerprint density at radius 1 is 0.947 bits per heavy atom. The normalized spacial score (nSPS) is 18.5. The Morgan fingerprint density at radius 3 is 2.32 bits per heavy atom. The van der Waals surface area contributed by atoms with E-state index in [0.29, 0.717) is 52.5 Å². The van der Waals surface area contributed by atoms with Gasteiger partial charge in [-0.25, -0.2) is 4.72 Å². The van der Waals surface area contributed by atoms with Gasteiger partial charge >= 0.3 is 10.2 Å². The van der Waals surface area contributed by atoms with Crippen LogP contribution in [0.3, 0.4) is 0 Å². The van der Waals surface area contributed by atoms with Crippen LogP contribution >= 0.6 is 23.2 Å². The molecule has 0 radical (unpaired) electrons. The van der Waals surface area contributed by atoms with Crippen molar-refractivity contribution < 1.29 is 17.9 Å². The molecule has 0 spiro atoms. The number of carbonyl (C=O) groups excluding carboxylic acids is 1. The van der Waals surface area contributed by atoms with Crippen LogP contribution in [0.25, 0.3) is 10.8 Å². The molecule has 0 unspecified atom stereocenters. The van der Waals surface area contributed by atoms with Crippen molar-refractivity contribution in [3.05, 3.63) is 74.6 Å². The number of amides is 1. The van der Waals surface area contributed by atoms with Crippen LogP contribution in [0.15, 0.2) is 53.5 Å². The van der Waals surface area contributed by atoms with Crippen molar-refractivity contribution in [1.29, 1.82) is 0 Å². The van der Waals surface area contributed by atoms with Crippen molar-refractivity contribution in [3.8, 4) is 5.75 Å². The van der Waals surface area contributed by atoms with E-state index in [2.05, 4.69) is 14.6 Å². The molecule has 2 fully saturated rings. The number of pyridine rings is 1. The summed E-state index contributed by atoms with van der Waals surface area (Å²) in [6.45, 7) is 2.36. The molecule has 2 saturated heterocycles. The highest BCUT2D eigenvalue weighted by Crippen LogP contribution is 2.29. The smallest absolute Gasteiger partial charge is 0.304 e. The number of hydrogen-bond donors (Lipinski definition) is 2. The van der Waals surface area contributed by atoms with Gasteiger partial charge in [-0.05, 0) is 43.9 Å². The molecule has 12 heteroatoms. The van der Waals surface area contributed by atoms with Crippen molar-refractivity contribution in [2.24, 2.45) is 0 Å². The summed E-state index contributed by atoms with van der Waals surface area (Å²) in [5, 5.41) is 1.68. The number of H-pyrrole nitrogens is 1. The Kier molecular flexibility index (Phi) is 7.97. The maximum absolute atomic E-state index is 13.0. The van der Waals surface area contributed by atoms with Gasteiger partial charge in [0.05, 0.1) is 15.6 Å². The van der Waals surface area contributed by atoms with Gasteiger partial charge in [-0.3, -0.25) is 9.59 Å². The lowest BCUT2D eigenvalue weighted by Gasteiger charge is -2.41. The topological polar surface area (TPSA) is 112 Å². The quantitative estimate of drug-likeness (QED) is 0.460. The summed E-state index contributed by atoms with van der Waals surface area (Å²) in [7, 11) is -4.03. The summed E-state index contributed by atoms with van der Waals surface area (Å²) >= 11 is 12.1. The average Bonchev–Trinajstić information content (AvgIpc) is 2.91. The van der Waals surface area contributed by atoms with Gasteiger partial charge < -0.3 is 14.6 Å². The van der Waals surface area contributed by atoms with E-state index in [1.807, 2.05) is 6.07 Å². The molecule has 0 aliphatic carbocycles. The van der Waals surface area contributed by atoms with Crippen LogP contribution in [0.5, 0.6) is 5.75 Å². The SMILES string of the molecule is O=C(NS(=O)(=O)N1CCC(N2CCC(Oc3ccc(Cl)c(Cl)c3)CC2)CC1)c1c[nH]c(=O)c2ccccc12. The predicted octanol–water partition coefficient (Wildman–Crippen LogP) is 3.82. The fourth-order valence-electron chi connectivity index (χ4n) is 5.18. The van der Waals surface area contributed by atoms with Gasteiger partial charge in [0, 0.05) is 55.3 Å². The number of piperidine rings is 2. The summed E-state index contributed by atoms with van der Waals surface area (Å²) in [5.41, 5.74) is -0.239. The first-order valence-corrected chi connectivity index (χ1v) is 14.7. The van der Waals surface area contributed by atoms with Gasteiger partial charge in [0.15, 0.2) is 0 Å². The number of fused-ring (bicyclic) bond motifs is 1. The molecule has 0 saturated carbocycles. The van der Waals surface area contributed by atoms with Crippen LogP contribution < -0.4 is 15.0 Å². The third-order valence-electron chi connectivity index (χ3n) is 7.23. The van der Waals surface area contributed by atoms with E-state index in [4.69, 9.17) is 27.9 Å². The van der Waals surface area contributed by atoms with Crippen molar-refractivity contribution in [1.82, 2.24) is 18.9 Å². The summed E-state index contributed by atoms with van der Waals surface area (Å²) in [6, 6.07) is 12.1. The molecule has 9 nitrogen and oxygen atoms in total. The molecule has 2 aliphatic rings. The Morgan fingerprint density at radius 2 is 1.63 bits per heavy atom. The van der Waals surface area contributed by atoms with E-state index in [-0.39, 0.29) is 23.3 Å². The zero-order valence-corrected chi connectivity index (χ0v) is 22.9. The molecular weight excluding hydrogens is 551 g/mol. The van der Waals surface area contributed by atoms with Gasteiger partial charge in [0.2, 0.25) is 0 Å². The molecule has 38 heavy (non-hydrogen) atoms. The number of carbonyl (C=O) groups is 1. The standard InChI is InChI=1S/C26H28Cl2N4O5S/c27-23-6-5-19(15-24(23)28)37-18-9-11-31(12-10-18)17-7-13-32(14-8-17)38(35,36)30-26(34)22-16-29-25(33)21-4-2-1-3-20(21)22/h1-6,15-18H,7-14H2,(H,29,33)(H,30,34). The van der Waals surface area contributed by atoms with Crippen LogP contribution in [-0.4, -0.2) is 66.8 Å². The second-order valence-electron chi connectivity index (χ2n) is 9.57. The molecule has 0 atom stereocenters. The molecule has 3 heterocycles. The minimum atomic E-state index is -4.03. The number of ether oxygens (including phenoxy) is 1. The molecule has 202 valence electrons. The van der Waals surface area contributed by atoms with Crippen LogP contribution in [0, 0.1) is 0 Å². The molecule has 1 aromatic heterocycles. The number of rotatable bonds is 6. The number of hydrogen-bond acceptors (Lipinski definition) is 6. The van der Waals surface area contributed by atoms with E-state index in [9.17, 15) is 18.0 Å². The summed E-state index contributed by atoms with van der Waals surface area (Å²) in [4.78, 5) is 29.8. The summed E-state index contributed by atoms with van der Waals surface area (Å²) in [6.07, 6.45) is 4.41. The fourth-order valence-corrected chi connectivity index (χ4v) is 6.64. The lowest BCUT2D eigenvalue weighted by Crippen LogP contribution is -2.52. The van der Waals surface area contributed by atoms with Crippen LogP contribution in [-0.2, 0) is 10.2 Å². The third-order valence-corrected chi connectivity index (χ3v) is 9.45. The van der Waals surface area contributed by atoms with E-state index < -0.39 is 16.1 Å². The number of nitrogens with one attached hydrogen (secondary N) is 2. The molecule has 0 bridgehead atoms. The molecule has 2 N–H and O–H groups in total. The van der Waals surface area contributed by atoms with Crippen molar-refractivity contribution in [2.75, 3.05) is 26.2 Å². The summed E-state index contributed by atoms with van der Waals surface area (Å²) < 4.78 is 35.5. The van der Waals surface area contributed by atoms with Gasteiger partial charge in [0.1, 0.15) is 11.9 Å². The Bertz CT molecular complexity index is 1500. The van der Waals surface area contributed by atoms with E-state index in [1.165, 1.54) is 10.5 Å². The number of nitrogens with zero attached hydrogens (tertiary/aromatic N) is 2. The monoisotopic (exact) mass is 578 g/mol. The number of halogens is 2. The fraction of sp³-hybridized carbons (Fsp3) is 0.385. The Balaban J connectivity index is 1.13. The van der Waals surface area contributed by atoms with Crippen molar-refractivity contribution in [3.63, 3.8) is 0 Å². The molecule has 2 aliphatic heterocycles. The van der Waals surface area contributed by atoms with Crippen LogP contribution in [0.1, 0.15) is 36.0 Å². The van der Waals surface area contributed by atoms with Crippen LogP contribution in [0.4, 0.5) is 0 Å². The second-order valence-corrected chi connectivity index (χ2v) is 12.1. The number of benzene rings is 2. The van der Waals surface area contributed by atoms with E-state index in [0.717, 1.165) is 25.9 Å². The Labute approximate surface area is 230 Å². The van der Waals surface area contributed by atoms with Crippen LogP contribution in [0.2, 0.25) is 10.0 Å². The van der Waals surface area contributed by atoms with Gasteiger partial charge in [-0.15, -0.1) is 0 Å². The van der Waals surface area contributed by atoms with Crippen molar-refractivity contribution >= 4 is 50.1 Å². The maximum atomic E-state index is 13.0. The van der Waals surface area contributed by atoms with Crippen molar-refractivity contribution in [2.45, 2.75) is 37.8 Å². The summed E-state index contributed by atoms with van der Waals surface area (Å²) in [5.74, 6) is -0.0723. The highest BCUT2D eigenvalue weighted by Gasteiger charge is 2.33. The van der Waals surface area contributed by atoms with Gasteiger partial charge in [0.25, 0.3) is 11.5 Å².